The number of hydrogen-bond acceptors (Lipinski definition) is 7. The number of fused-ring (bicyclic) bond motifs is 1. The predicted octanol–water partition coefficient (Wildman–Crippen LogP) is 4.70. The molecule has 0 aliphatic heterocycles. The van der Waals surface area contributed by atoms with Crippen molar-refractivity contribution in [1.82, 2.24) is 19.9 Å². The normalized spacial score (nSPS) is 12.0. The van der Waals surface area contributed by atoms with Gasteiger partial charge in [0.1, 0.15) is 28.9 Å². The van der Waals surface area contributed by atoms with Gasteiger partial charge in [-0.1, -0.05) is 23.7 Å². The van der Waals surface area contributed by atoms with E-state index < -0.39 is 5.82 Å². The van der Waals surface area contributed by atoms with Crippen LogP contribution in [0.15, 0.2) is 55.0 Å². The second-order valence-corrected chi connectivity index (χ2v) is 7.23. The van der Waals surface area contributed by atoms with E-state index in [0.717, 1.165) is 5.56 Å². The van der Waals surface area contributed by atoms with Crippen molar-refractivity contribution in [1.29, 1.82) is 0 Å². The Hall–Kier alpha value is -3.52. The van der Waals surface area contributed by atoms with Gasteiger partial charge in [0.25, 0.3) is 0 Å². The van der Waals surface area contributed by atoms with Crippen LogP contribution in [0.25, 0.3) is 11.0 Å². The van der Waals surface area contributed by atoms with Crippen LogP contribution in [0.4, 0.5) is 21.8 Å². The van der Waals surface area contributed by atoms with Crippen LogP contribution < -0.4 is 10.6 Å². The van der Waals surface area contributed by atoms with Crippen LogP contribution in [0.1, 0.15) is 12.5 Å². The maximum atomic E-state index is 13.4. The molecule has 2 aromatic heterocycles. The van der Waals surface area contributed by atoms with Crippen LogP contribution in [0.3, 0.4) is 0 Å². The van der Waals surface area contributed by atoms with Crippen LogP contribution in [0.5, 0.6) is 5.75 Å². The first kappa shape index (κ1) is 19.8. The van der Waals surface area contributed by atoms with E-state index in [2.05, 4.69) is 30.6 Å². The summed E-state index contributed by atoms with van der Waals surface area (Å²) < 4.78 is 13.4. The van der Waals surface area contributed by atoms with Crippen LogP contribution in [-0.2, 0) is 6.42 Å². The molecule has 30 heavy (non-hydrogen) atoms. The van der Waals surface area contributed by atoms with Gasteiger partial charge in [0.15, 0.2) is 5.82 Å². The monoisotopic (exact) mass is 424 g/mol. The lowest BCUT2D eigenvalue weighted by molar-refractivity contribution is 0.474. The SMILES string of the molecule is CC(Cc1cccc(O)c1)Nc1ncc2ncnc(Nc3ccc(F)c(Cl)c3)c2n1. The van der Waals surface area contributed by atoms with E-state index in [1.165, 1.54) is 18.5 Å². The summed E-state index contributed by atoms with van der Waals surface area (Å²) in [4.78, 5) is 17.3. The zero-order valence-corrected chi connectivity index (χ0v) is 16.7. The van der Waals surface area contributed by atoms with Crippen molar-refractivity contribution in [3.8, 4) is 5.75 Å². The van der Waals surface area contributed by atoms with Crippen molar-refractivity contribution in [2.75, 3.05) is 10.6 Å². The maximum absolute atomic E-state index is 13.4. The van der Waals surface area contributed by atoms with Crippen LogP contribution in [0, 0.1) is 5.82 Å². The molecule has 4 aromatic rings. The molecule has 0 aliphatic rings. The van der Waals surface area contributed by atoms with E-state index in [4.69, 9.17) is 11.6 Å². The van der Waals surface area contributed by atoms with Gasteiger partial charge in [-0.2, -0.15) is 0 Å². The zero-order valence-electron chi connectivity index (χ0n) is 16.0. The highest BCUT2D eigenvalue weighted by Crippen LogP contribution is 2.25. The first-order valence-electron chi connectivity index (χ1n) is 9.22. The Bertz CT molecular complexity index is 1210. The quantitative estimate of drug-likeness (QED) is 0.412. The Morgan fingerprint density at radius 1 is 1.13 bits per heavy atom. The fourth-order valence-electron chi connectivity index (χ4n) is 3.03. The topological polar surface area (TPSA) is 95.9 Å². The highest BCUT2D eigenvalue weighted by atomic mass is 35.5. The van der Waals surface area contributed by atoms with Crippen LogP contribution >= 0.6 is 11.6 Å². The number of benzene rings is 2. The first-order valence-corrected chi connectivity index (χ1v) is 9.60. The summed E-state index contributed by atoms with van der Waals surface area (Å²) in [6, 6.07) is 11.4. The number of phenolic OH excluding ortho intramolecular Hbond substituents is 1. The summed E-state index contributed by atoms with van der Waals surface area (Å²) in [6.07, 6.45) is 3.69. The number of nitrogens with zero attached hydrogens (tertiary/aromatic N) is 4. The summed E-state index contributed by atoms with van der Waals surface area (Å²) in [7, 11) is 0. The molecule has 3 N–H and O–H groups in total. The minimum Gasteiger partial charge on any atom is -0.508 e. The zero-order chi connectivity index (χ0) is 21.1. The Kier molecular flexibility index (Phi) is 5.58. The summed E-state index contributed by atoms with van der Waals surface area (Å²) in [5.41, 5.74) is 2.65. The molecule has 4 rings (SSSR count). The largest absolute Gasteiger partial charge is 0.508 e. The molecule has 1 atom stereocenters. The van der Waals surface area contributed by atoms with Crippen molar-refractivity contribution in [2.24, 2.45) is 0 Å². The second kappa shape index (κ2) is 8.46. The molecule has 7 nitrogen and oxygen atoms in total. The molecule has 0 aliphatic carbocycles. The number of rotatable bonds is 6. The molecule has 0 amide bonds. The summed E-state index contributed by atoms with van der Waals surface area (Å²) in [6.45, 7) is 2.00. The average Bonchev–Trinajstić information content (AvgIpc) is 2.71. The van der Waals surface area contributed by atoms with Crippen LogP contribution in [0.2, 0.25) is 5.02 Å². The summed E-state index contributed by atoms with van der Waals surface area (Å²) >= 11 is 5.86. The van der Waals surface area contributed by atoms with Crippen molar-refractivity contribution in [3.63, 3.8) is 0 Å². The fraction of sp³-hybridized carbons (Fsp3) is 0.143. The number of nitrogens with one attached hydrogen (secondary N) is 2. The fourth-order valence-corrected chi connectivity index (χ4v) is 3.21. The molecule has 152 valence electrons. The van der Waals surface area contributed by atoms with Gasteiger partial charge in [0, 0.05) is 11.7 Å². The third kappa shape index (κ3) is 4.55. The molecule has 0 saturated carbocycles. The number of halogens is 2. The van der Waals surface area contributed by atoms with E-state index in [1.807, 2.05) is 13.0 Å². The van der Waals surface area contributed by atoms with Gasteiger partial charge in [0.2, 0.25) is 5.95 Å². The first-order chi connectivity index (χ1) is 14.5. The molecule has 0 fully saturated rings. The molecule has 1 unspecified atom stereocenters. The van der Waals surface area contributed by atoms with Gasteiger partial charge in [-0.15, -0.1) is 0 Å². The van der Waals surface area contributed by atoms with Gasteiger partial charge in [-0.3, -0.25) is 0 Å². The number of phenols is 1. The van der Waals surface area contributed by atoms with Gasteiger partial charge in [0.05, 0.1) is 11.2 Å². The van der Waals surface area contributed by atoms with Gasteiger partial charge < -0.3 is 15.7 Å². The predicted molar refractivity (Wildman–Crippen MR) is 115 cm³/mol. The van der Waals surface area contributed by atoms with Crippen molar-refractivity contribution >= 4 is 40.1 Å². The smallest absolute Gasteiger partial charge is 0.223 e. The minimum absolute atomic E-state index is 0.0103. The molecule has 9 heteroatoms. The van der Waals surface area contributed by atoms with Gasteiger partial charge in [-0.25, -0.2) is 24.3 Å². The molecule has 2 aromatic carbocycles. The van der Waals surface area contributed by atoms with Crippen molar-refractivity contribution in [3.05, 3.63) is 71.4 Å². The van der Waals surface area contributed by atoms with E-state index in [1.54, 1.807) is 30.5 Å². The number of hydrogen-bond donors (Lipinski definition) is 3. The molecule has 2 heterocycles. The highest BCUT2D eigenvalue weighted by Gasteiger charge is 2.11. The molecule has 0 saturated heterocycles. The maximum Gasteiger partial charge on any atom is 0.223 e. The lowest BCUT2D eigenvalue weighted by Gasteiger charge is -2.15. The number of aromatic hydroxyl groups is 1. The molecule has 0 radical (unpaired) electrons. The lowest BCUT2D eigenvalue weighted by atomic mass is 10.1. The number of anilines is 3. The Morgan fingerprint density at radius 2 is 2.00 bits per heavy atom. The third-order valence-corrected chi connectivity index (χ3v) is 4.68. The van der Waals surface area contributed by atoms with E-state index in [0.29, 0.717) is 34.9 Å². The van der Waals surface area contributed by atoms with Crippen LogP contribution in [-0.4, -0.2) is 31.1 Å². The molecular weight excluding hydrogens is 407 g/mol. The van der Waals surface area contributed by atoms with E-state index in [-0.39, 0.29) is 16.8 Å². The highest BCUT2D eigenvalue weighted by molar-refractivity contribution is 6.31. The Labute approximate surface area is 177 Å². The average molecular weight is 425 g/mol. The Balaban J connectivity index is 1.56. The van der Waals surface area contributed by atoms with Crippen molar-refractivity contribution < 1.29 is 9.50 Å². The molecule has 0 spiro atoms. The summed E-state index contributed by atoms with van der Waals surface area (Å²) in [5.74, 6) is 0.610. The summed E-state index contributed by atoms with van der Waals surface area (Å²) in [5, 5.41) is 16.0. The third-order valence-electron chi connectivity index (χ3n) is 4.39. The van der Waals surface area contributed by atoms with E-state index >= 15 is 0 Å². The van der Waals surface area contributed by atoms with E-state index in [9.17, 15) is 9.50 Å². The van der Waals surface area contributed by atoms with Gasteiger partial charge >= 0.3 is 0 Å². The van der Waals surface area contributed by atoms with Gasteiger partial charge in [-0.05, 0) is 49.2 Å². The number of aromatic nitrogens is 4. The standard InChI is InChI=1S/C21H18ClFN6O/c1-12(7-13-3-2-4-15(30)8-13)27-21-24-10-18-19(29-21)20(26-11-25-18)28-14-5-6-17(23)16(22)9-14/h2-6,8-12,30H,7H2,1H3,(H,24,27,29)(H,25,26,28). The van der Waals surface area contributed by atoms with Crippen molar-refractivity contribution in [2.45, 2.75) is 19.4 Å². The Morgan fingerprint density at radius 3 is 2.80 bits per heavy atom. The lowest BCUT2D eigenvalue weighted by Crippen LogP contribution is -2.19. The molecule has 0 bridgehead atoms. The molecular formula is C21H18ClFN6O. The second-order valence-electron chi connectivity index (χ2n) is 6.82. The minimum atomic E-state index is -0.496.